The van der Waals surface area contributed by atoms with Crippen molar-refractivity contribution in [2.24, 2.45) is 5.92 Å². The molecule has 0 bridgehead atoms. The standard InChI is InChI=1S/C15H21N3O4S.ClH/c19-14-9-16-7-11(14)8-17-15(20)10-1-5-13(6-2-10)23(21,22)18-12-3-4-12;/h1-2,5-6,11-12,14,16,18-19H,3-4,7-9H2,(H,17,20);1H. The number of benzene rings is 1. The van der Waals surface area contributed by atoms with Crippen molar-refractivity contribution < 1.29 is 18.3 Å². The number of rotatable bonds is 6. The number of aliphatic hydroxyl groups excluding tert-OH is 1. The highest BCUT2D eigenvalue weighted by molar-refractivity contribution is 7.89. The molecule has 3 rings (SSSR count). The number of nitrogens with one attached hydrogen (secondary N) is 3. The zero-order chi connectivity index (χ0) is 16.4. The Labute approximate surface area is 147 Å². The number of hydrogen-bond acceptors (Lipinski definition) is 5. The first kappa shape index (κ1) is 19.1. The van der Waals surface area contributed by atoms with Gasteiger partial charge in [-0.25, -0.2) is 13.1 Å². The number of carbonyl (C=O) groups excluding carboxylic acids is 1. The summed E-state index contributed by atoms with van der Waals surface area (Å²) in [6.07, 6.45) is 1.31. The third-order valence-electron chi connectivity index (χ3n) is 4.15. The van der Waals surface area contributed by atoms with Crippen LogP contribution < -0.4 is 15.4 Å². The summed E-state index contributed by atoms with van der Waals surface area (Å²) in [5.74, 6) is -0.274. The average Bonchev–Trinajstić information content (AvgIpc) is 3.24. The van der Waals surface area contributed by atoms with Crippen LogP contribution in [0.15, 0.2) is 29.2 Å². The van der Waals surface area contributed by atoms with Crippen LogP contribution in [0.5, 0.6) is 0 Å². The maximum atomic E-state index is 12.1. The third-order valence-corrected chi connectivity index (χ3v) is 5.69. The first-order chi connectivity index (χ1) is 11.0. The molecule has 9 heteroatoms. The third kappa shape index (κ3) is 4.67. The van der Waals surface area contributed by atoms with Gasteiger partial charge in [-0.1, -0.05) is 0 Å². The molecule has 1 aromatic rings. The monoisotopic (exact) mass is 375 g/mol. The van der Waals surface area contributed by atoms with Crippen LogP contribution in [0, 0.1) is 5.92 Å². The highest BCUT2D eigenvalue weighted by Crippen LogP contribution is 2.22. The quantitative estimate of drug-likeness (QED) is 0.553. The second kappa shape index (κ2) is 7.79. The molecule has 2 unspecified atom stereocenters. The highest BCUT2D eigenvalue weighted by Gasteiger charge is 2.28. The van der Waals surface area contributed by atoms with E-state index in [1.54, 1.807) is 0 Å². The van der Waals surface area contributed by atoms with Crippen LogP contribution in [0.25, 0.3) is 0 Å². The first-order valence-electron chi connectivity index (χ1n) is 7.75. The average molecular weight is 376 g/mol. The summed E-state index contributed by atoms with van der Waals surface area (Å²) in [5.41, 5.74) is 0.399. The largest absolute Gasteiger partial charge is 0.391 e. The number of β-amino-alcohol motifs (C(OH)–C–C–N with tert-alkyl or cyclic N) is 1. The highest BCUT2D eigenvalue weighted by atomic mass is 35.5. The molecule has 1 heterocycles. The van der Waals surface area contributed by atoms with Crippen molar-refractivity contribution in [2.45, 2.75) is 29.9 Å². The van der Waals surface area contributed by atoms with E-state index in [4.69, 9.17) is 0 Å². The minimum Gasteiger partial charge on any atom is -0.391 e. The van der Waals surface area contributed by atoms with E-state index in [2.05, 4.69) is 15.4 Å². The van der Waals surface area contributed by atoms with Crippen LogP contribution >= 0.6 is 12.4 Å². The molecule has 4 N–H and O–H groups in total. The molecular weight excluding hydrogens is 354 g/mol. The van der Waals surface area contributed by atoms with E-state index >= 15 is 0 Å². The van der Waals surface area contributed by atoms with Gasteiger partial charge in [-0.15, -0.1) is 12.4 Å². The van der Waals surface area contributed by atoms with Crippen LogP contribution in [-0.2, 0) is 10.0 Å². The van der Waals surface area contributed by atoms with Gasteiger partial charge in [0.05, 0.1) is 11.0 Å². The lowest BCUT2D eigenvalue weighted by Crippen LogP contribution is -2.34. The van der Waals surface area contributed by atoms with Gasteiger partial charge in [-0.3, -0.25) is 4.79 Å². The number of aliphatic hydroxyl groups is 1. The van der Waals surface area contributed by atoms with Gasteiger partial charge >= 0.3 is 0 Å². The Hall–Kier alpha value is -1.19. The molecule has 0 aromatic heterocycles. The fourth-order valence-electron chi connectivity index (χ4n) is 2.53. The lowest BCUT2D eigenvalue weighted by molar-refractivity contribution is 0.0927. The number of halogens is 1. The molecule has 1 aliphatic carbocycles. The van der Waals surface area contributed by atoms with E-state index in [-0.39, 0.29) is 35.2 Å². The van der Waals surface area contributed by atoms with Crippen molar-refractivity contribution in [3.05, 3.63) is 29.8 Å². The predicted molar refractivity (Wildman–Crippen MR) is 91.7 cm³/mol. The van der Waals surface area contributed by atoms with E-state index in [0.717, 1.165) is 12.8 Å². The van der Waals surface area contributed by atoms with Gasteiger partial charge in [0.1, 0.15) is 0 Å². The number of carbonyl (C=O) groups is 1. The number of hydrogen-bond donors (Lipinski definition) is 4. The molecule has 0 spiro atoms. The second-order valence-corrected chi connectivity index (χ2v) is 7.83. The summed E-state index contributed by atoms with van der Waals surface area (Å²) in [7, 11) is -3.50. The van der Waals surface area contributed by atoms with E-state index in [9.17, 15) is 18.3 Å². The summed E-state index contributed by atoms with van der Waals surface area (Å²) in [6, 6.07) is 5.92. The van der Waals surface area contributed by atoms with Gasteiger partial charge in [0, 0.05) is 37.2 Å². The first-order valence-corrected chi connectivity index (χ1v) is 9.23. The fourth-order valence-corrected chi connectivity index (χ4v) is 3.83. The Morgan fingerprint density at radius 2 is 1.88 bits per heavy atom. The molecule has 2 aliphatic rings. The van der Waals surface area contributed by atoms with Crippen molar-refractivity contribution in [2.75, 3.05) is 19.6 Å². The predicted octanol–water partition coefficient (Wildman–Crippen LogP) is -0.141. The fraction of sp³-hybridized carbons (Fsp3) is 0.533. The molecule has 24 heavy (non-hydrogen) atoms. The lowest BCUT2D eigenvalue weighted by Gasteiger charge is -2.14. The SMILES string of the molecule is Cl.O=C(NCC1CNCC1O)c1ccc(S(=O)(=O)NC2CC2)cc1. The van der Waals surface area contributed by atoms with Crippen molar-refractivity contribution in [1.29, 1.82) is 0 Å². The number of amides is 1. The van der Waals surface area contributed by atoms with Gasteiger partial charge < -0.3 is 15.7 Å². The Balaban J connectivity index is 0.00000208. The minimum atomic E-state index is -3.50. The topological polar surface area (TPSA) is 108 Å². The van der Waals surface area contributed by atoms with Crippen molar-refractivity contribution in [3.8, 4) is 0 Å². The maximum Gasteiger partial charge on any atom is 0.251 e. The Morgan fingerprint density at radius 3 is 2.42 bits per heavy atom. The molecule has 1 saturated carbocycles. The van der Waals surface area contributed by atoms with Crippen molar-refractivity contribution in [1.82, 2.24) is 15.4 Å². The molecule has 2 fully saturated rings. The van der Waals surface area contributed by atoms with Crippen molar-refractivity contribution in [3.63, 3.8) is 0 Å². The van der Waals surface area contributed by atoms with Crippen LogP contribution in [0.4, 0.5) is 0 Å². The normalized spacial score (nSPS) is 23.5. The van der Waals surface area contributed by atoms with Gasteiger partial charge in [0.15, 0.2) is 0 Å². The summed E-state index contributed by atoms with van der Waals surface area (Å²) >= 11 is 0. The summed E-state index contributed by atoms with van der Waals surface area (Å²) in [6.45, 7) is 1.60. The van der Waals surface area contributed by atoms with Gasteiger partial charge in [0.25, 0.3) is 5.91 Å². The van der Waals surface area contributed by atoms with E-state index in [1.165, 1.54) is 24.3 Å². The van der Waals surface area contributed by atoms with E-state index < -0.39 is 16.1 Å². The Kier molecular flexibility index (Phi) is 6.22. The summed E-state index contributed by atoms with van der Waals surface area (Å²) in [4.78, 5) is 12.2. The molecule has 134 valence electrons. The second-order valence-electron chi connectivity index (χ2n) is 6.12. The Bertz CT molecular complexity index is 676. The van der Waals surface area contributed by atoms with Crippen molar-refractivity contribution >= 4 is 28.3 Å². The molecule has 2 atom stereocenters. The van der Waals surface area contributed by atoms with Crippen LogP contribution in [0.2, 0.25) is 0 Å². The zero-order valence-electron chi connectivity index (χ0n) is 13.1. The molecule has 0 radical (unpaired) electrons. The summed E-state index contributed by atoms with van der Waals surface area (Å²) < 4.78 is 26.7. The Morgan fingerprint density at radius 1 is 1.21 bits per heavy atom. The van der Waals surface area contributed by atoms with E-state index in [1.807, 2.05) is 0 Å². The summed E-state index contributed by atoms with van der Waals surface area (Å²) in [5, 5.41) is 15.5. The van der Waals surface area contributed by atoms with Gasteiger partial charge in [0.2, 0.25) is 10.0 Å². The van der Waals surface area contributed by atoms with E-state index in [0.29, 0.717) is 25.2 Å². The molecular formula is C15H22ClN3O4S. The molecule has 1 saturated heterocycles. The van der Waals surface area contributed by atoms with Crippen LogP contribution in [0.3, 0.4) is 0 Å². The smallest absolute Gasteiger partial charge is 0.251 e. The van der Waals surface area contributed by atoms with Gasteiger partial charge in [-0.05, 0) is 37.1 Å². The molecule has 1 aromatic carbocycles. The lowest BCUT2D eigenvalue weighted by atomic mass is 10.1. The maximum absolute atomic E-state index is 12.1. The number of sulfonamides is 1. The minimum absolute atomic E-state index is 0. The van der Waals surface area contributed by atoms with Crippen LogP contribution in [0.1, 0.15) is 23.2 Å². The molecule has 1 aliphatic heterocycles. The zero-order valence-corrected chi connectivity index (χ0v) is 14.7. The molecule has 1 amide bonds. The van der Waals surface area contributed by atoms with Crippen LogP contribution in [-0.4, -0.2) is 51.2 Å². The van der Waals surface area contributed by atoms with Gasteiger partial charge in [-0.2, -0.15) is 0 Å². The molecule has 7 nitrogen and oxygen atoms in total.